The molecule has 0 aromatic heterocycles. The molecule has 20 heavy (non-hydrogen) atoms. The van der Waals surface area contributed by atoms with Crippen LogP contribution >= 0.6 is 0 Å². The van der Waals surface area contributed by atoms with Crippen LogP contribution in [0.2, 0.25) is 0 Å². The second kappa shape index (κ2) is 5.98. The number of amides is 2. The maximum Gasteiger partial charge on any atom is 0.240 e. The van der Waals surface area contributed by atoms with E-state index in [4.69, 9.17) is 0 Å². The molecule has 6 heteroatoms. The summed E-state index contributed by atoms with van der Waals surface area (Å²) in [4.78, 5) is 24.2. The Hall–Kier alpha value is -1.98. The fraction of sp³-hybridized carbons (Fsp3) is 0.429. The molecule has 0 saturated carbocycles. The first-order valence-electron chi connectivity index (χ1n) is 6.15. The molecule has 1 aromatic rings. The molecule has 0 heterocycles. The Labute approximate surface area is 116 Å². The van der Waals surface area contributed by atoms with E-state index in [0.717, 1.165) is 24.0 Å². The zero-order valence-corrected chi connectivity index (χ0v) is 12.0. The lowest BCUT2D eigenvalue weighted by molar-refractivity contribution is -0.124. The van der Waals surface area contributed by atoms with Crippen LogP contribution in [0.25, 0.3) is 0 Å². The van der Waals surface area contributed by atoms with Gasteiger partial charge in [0.05, 0.1) is 0 Å². The second-order valence-electron chi connectivity index (χ2n) is 5.47. The van der Waals surface area contributed by atoms with Gasteiger partial charge in [0.25, 0.3) is 0 Å². The number of carbonyl (C=O) groups is 2. The average Bonchev–Trinajstić information content (AvgIpc) is 2.24. The molecule has 0 spiro atoms. The molecule has 1 aromatic carbocycles. The van der Waals surface area contributed by atoms with Crippen LogP contribution in [0.4, 0.5) is 14.5 Å². The van der Waals surface area contributed by atoms with E-state index in [-0.39, 0.29) is 0 Å². The van der Waals surface area contributed by atoms with Gasteiger partial charge >= 0.3 is 0 Å². The van der Waals surface area contributed by atoms with Crippen molar-refractivity contribution in [3.63, 3.8) is 0 Å². The number of halogens is 2. The number of rotatable bonds is 3. The second-order valence-corrected chi connectivity index (χ2v) is 5.47. The molecule has 1 N–H and O–H groups in total. The van der Waals surface area contributed by atoms with E-state index in [0.29, 0.717) is 0 Å². The fourth-order valence-electron chi connectivity index (χ4n) is 1.70. The number of anilines is 1. The van der Waals surface area contributed by atoms with Crippen molar-refractivity contribution >= 4 is 17.5 Å². The van der Waals surface area contributed by atoms with Crippen molar-refractivity contribution < 1.29 is 18.4 Å². The Morgan fingerprint density at radius 1 is 1.20 bits per heavy atom. The van der Waals surface area contributed by atoms with Crippen molar-refractivity contribution in [3.05, 3.63) is 29.8 Å². The molecule has 0 fully saturated rings. The first kappa shape index (κ1) is 16.1. The maximum atomic E-state index is 13.7. The zero-order valence-electron chi connectivity index (χ0n) is 12.0. The van der Waals surface area contributed by atoms with Crippen LogP contribution < -0.4 is 10.2 Å². The monoisotopic (exact) mass is 284 g/mol. The summed E-state index contributed by atoms with van der Waals surface area (Å²) in [7, 11) is 0. The summed E-state index contributed by atoms with van der Waals surface area (Å²) < 4.78 is 27.4. The van der Waals surface area contributed by atoms with Crippen LogP contribution in [0.1, 0.15) is 27.7 Å². The van der Waals surface area contributed by atoms with Crippen molar-refractivity contribution in [1.29, 1.82) is 0 Å². The molecule has 4 nitrogen and oxygen atoms in total. The molecule has 0 saturated heterocycles. The van der Waals surface area contributed by atoms with Gasteiger partial charge in [-0.3, -0.25) is 14.5 Å². The smallest absolute Gasteiger partial charge is 0.240 e. The summed E-state index contributed by atoms with van der Waals surface area (Å²) in [6, 6.07) is 3.27. The summed E-state index contributed by atoms with van der Waals surface area (Å²) in [5.74, 6) is -2.87. The van der Waals surface area contributed by atoms with Crippen LogP contribution in [-0.2, 0) is 9.59 Å². The first-order chi connectivity index (χ1) is 9.11. The lowest BCUT2D eigenvalue weighted by Gasteiger charge is -2.25. The van der Waals surface area contributed by atoms with E-state index < -0.39 is 41.2 Å². The number of carbonyl (C=O) groups excluding carboxylic acids is 2. The minimum atomic E-state index is -0.885. The third kappa shape index (κ3) is 4.29. The number of nitrogens with one attached hydrogen (secondary N) is 1. The van der Waals surface area contributed by atoms with Crippen molar-refractivity contribution in [2.45, 2.75) is 33.2 Å². The predicted octanol–water partition coefficient (Wildman–Crippen LogP) is 2.23. The van der Waals surface area contributed by atoms with Crippen molar-refractivity contribution in [3.8, 4) is 0 Å². The Morgan fingerprint density at radius 3 is 2.10 bits per heavy atom. The quantitative estimate of drug-likeness (QED) is 0.925. The van der Waals surface area contributed by atoms with Gasteiger partial charge in [-0.1, -0.05) is 6.07 Å². The summed E-state index contributed by atoms with van der Waals surface area (Å²) in [5.41, 5.74) is -1.00. The molecule has 1 rings (SSSR count). The largest absolute Gasteiger partial charge is 0.350 e. The van der Waals surface area contributed by atoms with Crippen LogP contribution in [0.3, 0.4) is 0 Å². The lowest BCUT2D eigenvalue weighted by atomic mass is 10.1. The molecule has 0 bridgehead atoms. The highest BCUT2D eigenvalue weighted by Gasteiger charge is 2.24. The third-order valence-corrected chi connectivity index (χ3v) is 2.40. The molecular formula is C14H18F2N2O2. The number of hydrogen-bond acceptors (Lipinski definition) is 2. The Kier molecular flexibility index (Phi) is 4.81. The SMILES string of the molecule is CC(=O)N(CC(=O)NC(C)(C)C)c1c(F)cccc1F. The van der Waals surface area contributed by atoms with E-state index in [1.165, 1.54) is 6.07 Å². The summed E-state index contributed by atoms with van der Waals surface area (Å²) in [6.45, 7) is 6.02. The maximum absolute atomic E-state index is 13.7. The van der Waals surface area contributed by atoms with E-state index in [9.17, 15) is 18.4 Å². The average molecular weight is 284 g/mol. The van der Waals surface area contributed by atoms with Gasteiger partial charge in [-0.05, 0) is 32.9 Å². The topological polar surface area (TPSA) is 49.4 Å². The molecule has 0 radical (unpaired) electrons. The van der Waals surface area contributed by atoms with Gasteiger partial charge in [0, 0.05) is 12.5 Å². The minimum Gasteiger partial charge on any atom is -0.350 e. The number of para-hydroxylation sites is 1. The number of hydrogen-bond donors (Lipinski definition) is 1. The Morgan fingerprint density at radius 2 is 1.70 bits per heavy atom. The van der Waals surface area contributed by atoms with Gasteiger partial charge in [0.15, 0.2) is 0 Å². The van der Waals surface area contributed by atoms with Gasteiger partial charge in [-0.2, -0.15) is 0 Å². The normalized spacial score (nSPS) is 11.1. The number of benzene rings is 1. The van der Waals surface area contributed by atoms with Gasteiger partial charge in [0.2, 0.25) is 11.8 Å². The van der Waals surface area contributed by atoms with Crippen LogP contribution in [0, 0.1) is 11.6 Å². The summed E-state index contributed by atoms with van der Waals surface area (Å²) in [5, 5.41) is 2.64. The van der Waals surface area contributed by atoms with Gasteiger partial charge in [-0.15, -0.1) is 0 Å². The molecule has 0 unspecified atom stereocenters. The molecule has 0 aliphatic carbocycles. The molecule has 110 valence electrons. The number of nitrogens with zero attached hydrogens (tertiary/aromatic N) is 1. The lowest BCUT2D eigenvalue weighted by Crippen LogP contribution is -2.47. The highest BCUT2D eigenvalue weighted by molar-refractivity contribution is 5.97. The highest BCUT2D eigenvalue weighted by atomic mass is 19.1. The summed E-state index contributed by atoms with van der Waals surface area (Å²) >= 11 is 0. The third-order valence-electron chi connectivity index (χ3n) is 2.40. The zero-order chi connectivity index (χ0) is 15.5. The molecule has 2 amide bonds. The first-order valence-corrected chi connectivity index (χ1v) is 6.15. The molecule has 0 atom stereocenters. The van der Waals surface area contributed by atoms with Crippen LogP contribution in [0.5, 0.6) is 0 Å². The standard InChI is InChI=1S/C14H18F2N2O2/c1-9(19)18(8-12(20)17-14(2,3)4)13-10(15)6-5-7-11(13)16/h5-7H,8H2,1-4H3,(H,17,20). The molecule has 0 aliphatic heterocycles. The Bertz CT molecular complexity index is 504. The predicted molar refractivity (Wildman–Crippen MR) is 72.3 cm³/mol. The van der Waals surface area contributed by atoms with Gasteiger partial charge in [0.1, 0.15) is 23.9 Å². The fourth-order valence-corrected chi connectivity index (χ4v) is 1.70. The van der Waals surface area contributed by atoms with E-state index in [1.54, 1.807) is 20.8 Å². The highest BCUT2D eigenvalue weighted by Crippen LogP contribution is 2.23. The minimum absolute atomic E-state index is 0.440. The van der Waals surface area contributed by atoms with Crippen LogP contribution in [0.15, 0.2) is 18.2 Å². The van der Waals surface area contributed by atoms with Gasteiger partial charge < -0.3 is 5.32 Å². The van der Waals surface area contributed by atoms with Crippen molar-refractivity contribution in [2.75, 3.05) is 11.4 Å². The van der Waals surface area contributed by atoms with E-state index >= 15 is 0 Å². The molecule has 0 aliphatic rings. The van der Waals surface area contributed by atoms with Crippen molar-refractivity contribution in [2.24, 2.45) is 0 Å². The van der Waals surface area contributed by atoms with E-state index in [2.05, 4.69) is 5.32 Å². The summed E-state index contributed by atoms with van der Waals surface area (Å²) in [6.07, 6.45) is 0. The van der Waals surface area contributed by atoms with Crippen LogP contribution in [-0.4, -0.2) is 23.9 Å². The van der Waals surface area contributed by atoms with Crippen molar-refractivity contribution in [1.82, 2.24) is 5.32 Å². The Balaban J connectivity index is 3.02. The van der Waals surface area contributed by atoms with E-state index in [1.807, 2.05) is 0 Å². The van der Waals surface area contributed by atoms with Gasteiger partial charge in [-0.25, -0.2) is 8.78 Å². The molecular weight excluding hydrogens is 266 g/mol.